The van der Waals surface area contributed by atoms with E-state index < -0.39 is 0 Å². The van der Waals surface area contributed by atoms with E-state index in [-0.39, 0.29) is 30.3 Å². The van der Waals surface area contributed by atoms with Gasteiger partial charge in [-0.2, -0.15) is 0 Å². The zero-order valence-corrected chi connectivity index (χ0v) is 19.3. The second kappa shape index (κ2) is 10.9. The van der Waals surface area contributed by atoms with Crippen LogP contribution in [0, 0.1) is 5.92 Å². The zero-order chi connectivity index (χ0) is 23.1. The number of hydrogen-bond acceptors (Lipinski definition) is 4. The smallest absolute Gasteiger partial charge is 0.318 e. The number of urea groups is 1. The molecule has 1 N–H and O–H groups in total. The molecule has 172 valence electrons. The molecule has 1 aliphatic heterocycles. The Kier molecular flexibility index (Phi) is 7.98. The van der Waals surface area contributed by atoms with Crippen LogP contribution in [0.2, 0.25) is 0 Å². The molecule has 0 saturated carbocycles. The van der Waals surface area contributed by atoms with E-state index in [9.17, 15) is 9.59 Å². The summed E-state index contributed by atoms with van der Waals surface area (Å²) in [5.74, 6) is 1.53. The van der Waals surface area contributed by atoms with Gasteiger partial charge in [0.2, 0.25) is 5.91 Å². The lowest BCUT2D eigenvalue weighted by molar-refractivity contribution is -0.133. The zero-order valence-electron chi connectivity index (χ0n) is 19.3. The first-order chi connectivity index (χ1) is 15.4. The maximum absolute atomic E-state index is 13.0. The van der Waals surface area contributed by atoms with Gasteiger partial charge < -0.3 is 24.6 Å². The number of nitrogens with zero attached hydrogens (tertiary/aromatic N) is 2. The van der Waals surface area contributed by atoms with Crippen LogP contribution in [0.5, 0.6) is 11.5 Å². The molecule has 2 aromatic carbocycles. The molecule has 1 heterocycles. The molecule has 0 aliphatic carbocycles. The van der Waals surface area contributed by atoms with E-state index in [1.165, 1.54) is 0 Å². The van der Waals surface area contributed by atoms with Crippen LogP contribution in [-0.2, 0) is 17.8 Å². The number of nitrogens with one attached hydrogen (secondary N) is 1. The normalized spacial score (nSPS) is 16.1. The number of rotatable bonds is 7. The van der Waals surface area contributed by atoms with Gasteiger partial charge in [0.05, 0.1) is 26.7 Å². The highest BCUT2D eigenvalue weighted by Gasteiger charge is 2.34. The van der Waals surface area contributed by atoms with Crippen molar-refractivity contribution >= 4 is 11.9 Å². The van der Waals surface area contributed by atoms with Crippen LogP contribution < -0.4 is 14.8 Å². The van der Waals surface area contributed by atoms with Crippen LogP contribution in [0.1, 0.15) is 25.0 Å². The van der Waals surface area contributed by atoms with Crippen molar-refractivity contribution in [1.29, 1.82) is 0 Å². The third kappa shape index (κ3) is 5.72. The number of hydrogen-bond donors (Lipinski definition) is 1. The molecule has 3 amide bonds. The molecule has 2 aromatic rings. The number of carbonyl (C=O) groups is 2. The molecule has 0 spiro atoms. The molecule has 7 heteroatoms. The Labute approximate surface area is 190 Å². The Hall–Kier alpha value is -3.22. The van der Waals surface area contributed by atoms with E-state index in [0.717, 1.165) is 11.1 Å². The molecule has 1 atom stereocenters. The fraction of sp³-hybridized carbons (Fsp3) is 0.440. The summed E-state index contributed by atoms with van der Waals surface area (Å²) in [5.41, 5.74) is 1.93. The number of ether oxygens (including phenoxy) is 2. The van der Waals surface area contributed by atoms with E-state index in [0.29, 0.717) is 37.7 Å². The average Bonchev–Trinajstić information content (AvgIpc) is 2.82. The van der Waals surface area contributed by atoms with Crippen LogP contribution in [0.25, 0.3) is 0 Å². The molecular weight excluding hydrogens is 406 g/mol. The summed E-state index contributed by atoms with van der Waals surface area (Å²) in [7, 11) is 3.17. The van der Waals surface area contributed by atoms with Gasteiger partial charge in [0.25, 0.3) is 0 Å². The Morgan fingerprint density at radius 3 is 2.38 bits per heavy atom. The summed E-state index contributed by atoms with van der Waals surface area (Å²) in [6.45, 7) is 6.23. The van der Waals surface area contributed by atoms with Gasteiger partial charge in [-0.05, 0) is 29.2 Å². The summed E-state index contributed by atoms with van der Waals surface area (Å²) in [5, 5.41) is 3.02. The van der Waals surface area contributed by atoms with Crippen LogP contribution in [-0.4, -0.2) is 61.6 Å². The van der Waals surface area contributed by atoms with Gasteiger partial charge in [-0.3, -0.25) is 4.79 Å². The summed E-state index contributed by atoms with van der Waals surface area (Å²) >= 11 is 0. The largest absolute Gasteiger partial charge is 0.493 e. The van der Waals surface area contributed by atoms with Crippen LogP contribution >= 0.6 is 0 Å². The second-order valence-corrected chi connectivity index (χ2v) is 8.35. The van der Waals surface area contributed by atoms with E-state index in [1.54, 1.807) is 14.2 Å². The van der Waals surface area contributed by atoms with Gasteiger partial charge >= 0.3 is 6.03 Å². The van der Waals surface area contributed by atoms with Crippen molar-refractivity contribution in [2.45, 2.75) is 32.9 Å². The summed E-state index contributed by atoms with van der Waals surface area (Å²) in [6, 6.07) is 15.3. The van der Waals surface area contributed by atoms with Gasteiger partial charge in [-0.25, -0.2) is 4.79 Å². The van der Waals surface area contributed by atoms with Gasteiger partial charge in [-0.1, -0.05) is 50.2 Å². The maximum atomic E-state index is 13.0. The predicted molar refractivity (Wildman–Crippen MR) is 124 cm³/mol. The number of carbonyl (C=O) groups excluding carboxylic acids is 2. The monoisotopic (exact) mass is 439 g/mol. The minimum absolute atomic E-state index is 0.0334. The van der Waals surface area contributed by atoms with Crippen molar-refractivity contribution in [2.75, 3.05) is 33.9 Å². The maximum Gasteiger partial charge on any atom is 0.318 e. The minimum Gasteiger partial charge on any atom is -0.493 e. The predicted octanol–water partition coefficient (Wildman–Crippen LogP) is 3.32. The molecule has 7 nitrogen and oxygen atoms in total. The number of piperazine rings is 1. The molecule has 1 aliphatic rings. The van der Waals surface area contributed by atoms with Gasteiger partial charge in [-0.15, -0.1) is 0 Å². The highest BCUT2D eigenvalue weighted by Crippen LogP contribution is 2.28. The van der Waals surface area contributed by atoms with Crippen LogP contribution in [0.3, 0.4) is 0 Å². The lowest BCUT2D eigenvalue weighted by atomic mass is 9.99. The molecule has 1 fully saturated rings. The lowest BCUT2D eigenvalue weighted by Gasteiger charge is -2.43. The molecular formula is C25H33N3O4. The van der Waals surface area contributed by atoms with Gasteiger partial charge in [0.1, 0.15) is 0 Å². The first-order valence-corrected chi connectivity index (χ1v) is 11.0. The summed E-state index contributed by atoms with van der Waals surface area (Å²) < 4.78 is 10.6. The van der Waals surface area contributed by atoms with Crippen molar-refractivity contribution in [1.82, 2.24) is 15.1 Å². The third-order valence-electron chi connectivity index (χ3n) is 5.89. The van der Waals surface area contributed by atoms with Crippen LogP contribution in [0.4, 0.5) is 4.79 Å². The molecule has 1 unspecified atom stereocenters. The fourth-order valence-corrected chi connectivity index (χ4v) is 4.01. The first-order valence-electron chi connectivity index (χ1n) is 11.0. The summed E-state index contributed by atoms with van der Waals surface area (Å²) in [6.07, 6.45) is 0.283. The number of benzene rings is 2. The van der Waals surface area contributed by atoms with Crippen LogP contribution in [0.15, 0.2) is 48.5 Å². The summed E-state index contributed by atoms with van der Waals surface area (Å²) in [4.78, 5) is 29.6. The van der Waals surface area contributed by atoms with Crippen molar-refractivity contribution in [2.24, 2.45) is 5.92 Å². The van der Waals surface area contributed by atoms with Gasteiger partial charge in [0, 0.05) is 26.2 Å². The third-order valence-corrected chi connectivity index (χ3v) is 5.89. The fourth-order valence-electron chi connectivity index (χ4n) is 4.01. The average molecular weight is 440 g/mol. The highest BCUT2D eigenvalue weighted by atomic mass is 16.5. The quantitative estimate of drug-likeness (QED) is 0.719. The number of methoxy groups -OCH3 is 2. The number of amides is 3. The van der Waals surface area contributed by atoms with Crippen molar-refractivity contribution in [3.05, 3.63) is 59.7 Å². The van der Waals surface area contributed by atoms with E-state index in [4.69, 9.17) is 9.47 Å². The standard InChI is InChI=1S/C25H33N3O4/c1-18(2)21-17-27(24(29)15-20-10-11-22(31-3)23(14-20)32-4)12-13-28(21)25(30)26-16-19-8-6-5-7-9-19/h5-11,14,18,21H,12-13,15-17H2,1-4H3,(H,26,30). The van der Waals surface area contributed by atoms with Crippen molar-refractivity contribution < 1.29 is 19.1 Å². The Morgan fingerprint density at radius 1 is 1.00 bits per heavy atom. The molecule has 1 saturated heterocycles. The van der Waals surface area contributed by atoms with Gasteiger partial charge in [0.15, 0.2) is 11.5 Å². The Balaban J connectivity index is 1.61. The minimum atomic E-state index is -0.0838. The van der Waals surface area contributed by atoms with Crippen molar-refractivity contribution in [3.63, 3.8) is 0 Å². The Morgan fingerprint density at radius 2 is 1.72 bits per heavy atom. The van der Waals surface area contributed by atoms with Crippen molar-refractivity contribution in [3.8, 4) is 11.5 Å². The van der Waals surface area contributed by atoms with E-state index >= 15 is 0 Å². The lowest BCUT2D eigenvalue weighted by Crippen LogP contribution is -2.60. The molecule has 0 bridgehead atoms. The Bertz CT molecular complexity index is 917. The molecule has 0 radical (unpaired) electrons. The molecule has 3 rings (SSSR count). The first kappa shape index (κ1) is 23.4. The van der Waals surface area contributed by atoms with E-state index in [1.807, 2.05) is 58.3 Å². The SMILES string of the molecule is COc1ccc(CC(=O)N2CCN(C(=O)NCc3ccccc3)C(C(C)C)C2)cc1OC. The molecule has 32 heavy (non-hydrogen) atoms. The topological polar surface area (TPSA) is 71.1 Å². The second-order valence-electron chi connectivity index (χ2n) is 8.35. The highest BCUT2D eigenvalue weighted by molar-refractivity contribution is 5.80. The molecule has 0 aromatic heterocycles. The van der Waals surface area contributed by atoms with E-state index in [2.05, 4.69) is 19.2 Å².